The molecular weight excluding hydrogens is 270 g/mol. The third kappa shape index (κ3) is 2.59. The molecule has 0 spiro atoms. The van der Waals surface area contributed by atoms with Crippen LogP contribution in [0.15, 0.2) is 12.2 Å². The smallest absolute Gasteiger partial charge is 0.307 e. The number of carboxylic acids is 1. The first-order chi connectivity index (χ1) is 10.1. The maximum absolute atomic E-state index is 12.9. The van der Waals surface area contributed by atoms with E-state index in [0.717, 1.165) is 19.4 Å². The minimum atomic E-state index is -0.828. The molecule has 3 aliphatic rings. The number of carbonyl (C=O) groups excluding carboxylic acids is 1. The Bertz CT molecular complexity index is 455. The molecule has 0 aromatic heterocycles. The number of ether oxygens (including phenoxy) is 1. The van der Waals surface area contributed by atoms with Crippen molar-refractivity contribution >= 4 is 11.9 Å². The summed E-state index contributed by atoms with van der Waals surface area (Å²) in [6.45, 7) is 4.78. The Hall–Kier alpha value is -1.36. The van der Waals surface area contributed by atoms with Gasteiger partial charge in [0.15, 0.2) is 0 Å². The topological polar surface area (TPSA) is 66.8 Å². The average Bonchev–Trinajstić information content (AvgIpc) is 3.19. The molecule has 3 rings (SSSR count). The molecule has 1 amide bonds. The first-order valence-corrected chi connectivity index (χ1v) is 7.89. The number of carbonyl (C=O) groups is 2. The van der Waals surface area contributed by atoms with Crippen molar-refractivity contribution in [2.75, 3.05) is 26.3 Å². The van der Waals surface area contributed by atoms with Crippen LogP contribution in [0, 0.1) is 29.6 Å². The van der Waals surface area contributed by atoms with E-state index in [1.165, 1.54) is 0 Å². The van der Waals surface area contributed by atoms with Crippen LogP contribution in [0.25, 0.3) is 0 Å². The summed E-state index contributed by atoms with van der Waals surface area (Å²) in [5.41, 5.74) is 0. The lowest BCUT2D eigenvalue weighted by Crippen LogP contribution is -2.44. The highest BCUT2D eigenvalue weighted by atomic mass is 16.5. The Labute approximate surface area is 124 Å². The lowest BCUT2D eigenvalue weighted by atomic mass is 9.82. The number of hydrogen-bond donors (Lipinski definition) is 1. The van der Waals surface area contributed by atoms with Crippen LogP contribution in [0.5, 0.6) is 0 Å². The van der Waals surface area contributed by atoms with E-state index in [2.05, 4.69) is 0 Å². The van der Waals surface area contributed by atoms with Gasteiger partial charge in [0.05, 0.1) is 18.4 Å². The molecule has 1 aliphatic heterocycles. The number of carboxylic acid groups (broad SMARTS) is 1. The van der Waals surface area contributed by atoms with Gasteiger partial charge < -0.3 is 14.7 Å². The van der Waals surface area contributed by atoms with Gasteiger partial charge in [-0.05, 0) is 31.6 Å². The first kappa shape index (κ1) is 14.6. The summed E-state index contributed by atoms with van der Waals surface area (Å²) < 4.78 is 5.37. The van der Waals surface area contributed by atoms with E-state index in [1.54, 1.807) is 0 Å². The number of aliphatic carboxylic acids is 1. The number of hydrogen-bond acceptors (Lipinski definition) is 3. The van der Waals surface area contributed by atoms with E-state index >= 15 is 0 Å². The van der Waals surface area contributed by atoms with Crippen molar-refractivity contribution in [1.29, 1.82) is 0 Å². The van der Waals surface area contributed by atoms with Crippen LogP contribution in [-0.4, -0.2) is 48.2 Å². The number of amides is 1. The van der Waals surface area contributed by atoms with Gasteiger partial charge in [0, 0.05) is 25.6 Å². The summed E-state index contributed by atoms with van der Waals surface area (Å²) in [6.07, 6.45) is 5.83. The van der Waals surface area contributed by atoms with Crippen molar-refractivity contribution < 1.29 is 19.4 Å². The van der Waals surface area contributed by atoms with E-state index in [9.17, 15) is 14.7 Å². The lowest BCUT2D eigenvalue weighted by Gasteiger charge is -2.31. The molecule has 116 valence electrons. The molecule has 5 nitrogen and oxygen atoms in total. The number of fused-ring (bicyclic) bond motifs is 2. The molecule has 5 atom stereocenters. The second-order valence-corrected chi connectivity index (χ2v) is 6.44. The van der Waals surface area contributed by atoms with Gasteiger partial charge in [-0.1, -0.05) is 12.2 Å². The third-order valence-electron chi connectivity index (χ3n) is 5.23. The van der Waals surface area contributed by atoms with E-state index in [1.807, 2.05) is 24.0 Å². The van der Waals surface area contributed by atoms with Gasteiger partial charge in [0.2, 0.25) is 5.91 Å². The molecule has 2 fully saturated rings. The molecular formula is C16H23NO4. The molecule has 1 saturated carbocycles. The zero-order chi connectivity index (χ0) is 15.0. The molecule has 0 radical (unpaired) electrons. The standard InChI is InChI=1S/C16H23NO4/c1-2-17(8-10-5-6-21-9-10)15(18)13-11-3-4-12(7-11)14(13)16(19)20/h3-4,10-14H,2,5-9H2,1H3,(H,19,20)/t10?,11?,12?,13-,14+/m0/s1. The predicted octanol–water partition coefficient (Wildman–Crippen LogP) is 1.39. The fourth-order valence-electron chi connectivity index (χ4n) is 4.12. The first-order valence-electron chi connectivity index (χ1n) is 7.89. The Morgan fingerprint density at radius 2 is 2.00 bits per heavy atom. The normalized spacial score (nSPS) is 37.1. The van der Waals surface area contributed by atoms with Crippen LogP contribution in [0.3, 0.4) is 0 Å². The third-order valence-corrected chi connectivity index (χ3v) is 5.23. The molecule has 2 bridgehead atoms. The average molecular weight is 293 g/mol. The van der Waals surface area contributed by atoms with E-state index < -0.39 is 11.9 Å². The molecule has 1 saturated heterocycles. The second kappa shape index (κ2) is 5.79. The maximum atomic E-state index is 12.9. The minimum absolute atomic E-state index is 0.0219. The Kier molecular flexibility index (Phi) is 4.02. The van der Waals surface area contributed by atoms with Gasteiger partial charge in [-0.25, -0.2) is 0 Å². The van der Waals surface area contributed by atoms with Crippen molar-refractivity contribution in [2.24, 2.45) is 29.6 Å². The number of nitrogens with zero attached hydrogens (tertiary/aromatic N) is 1. The van der Waals surface area contributed by atoms with Crippen LogP contribution < -0.4 is 0 Å². The quantitative estimate of drug-likeness (QED) is 0.778. The van der Waals surface area contributed by atoms with E-state index in [-0.39, 0.29) is 23.7 Å². The van der Waals surface area contributed by atoms with Gasteiger partial charge in [-0.15, -0.1) is 0 Å². The summed E-state index contributed by atoms with van der Waals surface area (Å²) in [5.74, 6) is -1.18. The van der Waals surface area contributed by atoms with Gasteiger partial charge >= 0.3 is 5.97 Å². The number of allylic oxidation sites excluding steroid dienone is 2. The molecule has 2 aliphatic carbocycles. The van der Waals surface area contributed by atoms with Crippen molar-refractivity contribution in [3.05, 3.63) is 12.2 Å². The van der Waals surface area contributed by atoms with Crippen molar-refractivity contribution in [1.82, 2.24) is 4.90 Å². The summed E-state index contributed by atoms with van der Waals surface area (Å²) in [4.78, 5) is 26.2. The fourth-order valence-corrected chi connectivity index (χ4v) is 4.12. The summed E-state index contributed by atoms with van der Waals surface area (Å²) in [7, 11) is 0. The minimum Gasteiger partial charge on any atom is -0.481 e. The Balaban J connectivity index is 1.72. The molecule has 0 aromatic carbocycles. The Morgan fingerprint density at radius 1 is 1.29 bits per heavy atom. The molecule has 0 aromatic rings. The van der Waals surface area contributed by atoms with Crippen LogP contribution >= 0.6 is 0 Å². The van der Waals surface area contributed by atoms with Crippen LogP contribution in [0.2, 0.25) is 0 Å². The second-order valence-electron chi connectivity index (χ2n) is 6.44. The zero-order valence-electron chi connectivity index (χ0n) is 12.4. The van der Waals surface area contributed by atoms with Crippen LogP contribution in [-0.2, 0) is 14.3 Å². The van der Waals surface area contributed by atoms with Gasteiger partial charge in [-0.3, -0.25) is 9.59 Å². The monoisotopic (exact) mass is 293 g/mol. The summed E-state index contributed by atoms with van der Waals surface area (Å²) in [5, 5.41) is 9.47. The SMILES string of the molecule is CCN(CC1CCOC1)C(=O)[C@H]1C2C=CC(C2)[C@H]1C(=O)O. The fraction of sp³-hybridized carbons (Fsp3) is 0.750. The maximum Gasteiger partial charge on any atom is 0.307 e. The molecule has 5 heteroatoms. The highest BCUT2D eigenvalue weighted by Crippen LogP contribution is 2.48. The molecule has 21 heavy (non-hydrogen) atoms. The van der Waals surface area contributed by atoms with E-state index in [4.69, 9.17) is 4.74 Å². The van der Waals surface area contributed by atoms with Crippen molar-refractivity contribution in [2.45, 2.75) is 19.8 Å². The Morgan fingerprint density at radius 3 is 2.57 bits per heavy atom. The molecule has 1 heterocycles. The molecule has 3 unspecified atom stereocenters. The highest BCUT2D eigenvalue weighted by Gasteiger charge is 2.52. The summed E-state index contributed by atoms with van der Waals surface area (Å²) in [6, 6.07) is 0. The van der Waals surface area contributed by atoms with E-state index in [0.29, 0.717) is 25.6 Å². The number of rotatable bonds is 5. The summed E-state index contributed by atoms with van der Waals surface area (Å²) >= 11 is 0. The largest absolute Gasteiger partial charge is 0.481 e. The zero-order valence-corrected chi connectivity index (χ0v) is 12.4. The predicted molar refractivity (Wildman–Crippen MR) is 76.5 cm³/mol. The van der Waals surface area contributed by atoms with Crippen LogP contribution in [0.1, 0.15) is 19.8 Å². The van der Waals surface area contributed by atoms with Crippen LogP contribution in [0.4, 0.5) is 0 Å². The van der Waals surface area contributed by atoms with Gasteiger partial charge in [-0.2, -0.15) is 0 Å². The highest BCUT2D eigenvalue weighted by molar-refractivity contribution is 5.87. The van der Waals surface area contributed by atoms with Gasteiger partial charge in [0.1, 0.15) is 0 Å². The lowest BCUT2D eigenvalue weighted by molar-refractivity contribution is -0.151. The molecule has 1 N–H and O–H groups in total. The van der Waals surface area contributed by atoms with Crippen molar-refractivity contribution in [3.63, 3.8) is 0 Å². The van der Waals surface area contributed by atoms with Crippen molar-refractivity contribution in [3.8, 4) is 0 Å². The van der Waals surface area contributed by atoms with Gasteiger partial charge in [0.25, 0.3) is 0 Å².